The molecule has 0 spiro atoms. The quantitative estimate of drug-likeness (QED) is 0.495. The Balaban J connectivity index is 2.01. The number of halogens is 4. The number of nitrogens with zero attached hydrogens (tertiary/aromatic N) is 1. The molecule has 0 amide bonds. The summed E-state index contributed by atoms with van der Waals surface area (Å²) in [6, 6.07) is 8.59. The van der Waals surface area contributed by atoms with Crippen molar-refractivity contribution in [3.8, 4) is 5.75 Å². The van der Waals surface area contributed by atoms with Crippen LogP contribution < -0.4 is 9.04 Å². The Morgan fingerprint density at radius 2 is 2.03 bits per heavy atom. The van der Waals surface area contributed by atoms with Crippen LogP contribution in [0, 0.1) is 0 Å². The Morgan fingerprint density at radius 1 is 1.30 bits per heavy atom. The maximum Gasteiger partial charge on any atom is 0.416 e. The number of allylic oxidation sites excluding steroid dienone is 1. The number of benzene rings is 2. The van der Waals surface area contributed by atoms with Crippen LogP contribution in [0.2, 0.25) is 0 Å². The van der Waals surface area contributed by atoms with Gasteiger partial charge in [-0.1, -0.05) is 28.6 Å². The fourth-order valence-electron chi connectivity index (χ4n) is 3.05. The minimum absolute atomic E-state index is 0.0565. The summed E-state index contributed by atoms with van der Waals surface area (Å²) in [4.78, 5) is -0.440. The maximum absolute atomic E-state index is 13.3. The van der Waals surface area contributed by atoms with E-state index in [0.717, 1.165) is 22.5 Å². The van der Waals surface area contributed by atoms with E-state index in [1.54, 1.807) is 18.2 Å². The highest BCUT2D eigenvalue weighted by atomic mass is 79.9. The van der Waals surface area contributed by atoms with Crippen molar-refractivity contribution >= 4 is 31.6 Å². The lowest BCUT2D eigenvalue weighted by molar-refractivity contribution is -0.137. The second-order valence-electron chi connectivity index (χ2n) is 6.70. The van der Waals surface area contributed by atoms with Crippen LogP contribution in [0.1, 0.15) is 18.4 Å². The average molecular weight is 506 g/mol. The molecule has 0 aromatic heterocycles. The first kappa shape index (κ1) is 22.5. The SMILES string of the molecule is C=C(CC[C@H]1CN(S(=O)(=O)c2cccc(C(F)(F)F)c2)c2cc(Br)ccc2O1)OC. The second-order valence-corrected chi connectivity index (χ2v) is 9.47. The van der Waals surface area contributed by atoms with Gasteiger partial charge in [0.1, 0.15) is 11.9 Å². The van der Waals surface area contributed by atoms with Crippen LogP contribution in [0.4, 0.5) is 18.9 Å². The van der Waals surface area contributed by atoms with Gasteiger partial charge >= 0.3 is 6.18 Å². The van der Waals surface area contributed by atoms with Crippen molar-refractivity contribution in [3.63, 3.8) is 0 Å². The van der Waals surface area contributed by atoms with Crippen molar-refractivity contribution in [3.05, 3.63) is 64.8 Å². The first-order chi connectivity index (χ1) is 14.0. The summed E-state index contributed by atoms with van der Waals surface area (Å²) in [7, 11) is -2.79. The van der Waals surface area contributed by atoms with E-state index in [9.17, 15) is 21.6 Å². The number of hydrogen-bond donors (Lipinski definition) is 0. The number of alkyl halides is 3. The monoisotopic (exact) mass is 505 g/mol. The predicted octanol–water partition coefficient (Wildman–Crippen LogP) is 5.36. The molecule has 2 aromatic rings. The second kappa shape index (κ2) is 8.50. The highest BCUT2D eigenvalue weighted by Gasteiger charge is 2.37. The van der Waals surface area contributed by atoms with Crippen molar-refractivity contribution in [2.24, 2.45) is 0 Å². The topological polar surface area (TPSA) is 55.8 Å². The fourth-order valence-corrected chi connectivity index (χ4v) is 4.94. The number of ether oxygens (including phenoxy) is 2. The largest absolute Gasteiger partial charge is 0.502 e. The van der Waals surface area contributed by atoms with Crippen LogP contribution in [0.5, 0.6) is 5.75 Å². The lowest BCUT2D eigenvalue weighted by Crippen LogP contribution is -2.43. The van der Waals surface area contributed by atoms with Gasteiger partial charge in [-0.15, -0.1) is 0 Å². The van der Waals surface area contributed by atoms with E-state index in [4.69, 9.17) is 9.47 Å². The smallest absolute Gasteiger partial charge is 0.416 e. The summed E-state index contributed by atoms with van der Waals surface area (Å²) < 4.78 is 78.6. The van der Waals surface area contributed by atoms with Gasteiger partial charge in [0.25, 0.3) is 10.0 Å². The van der Waals surface area contributed by atoms with Crippen molar-refractivity contribution in [2.45, 2.75) is 30.0 Å². The number of hydrogen-bond acceptors (Lipinski definition) is 4. The van der Waals surface area contributed by atoms with Gasteiger partial charge in [0.2, 0.25) is 0 Å². The molecular formula is C20H19BrF3NO4S. The molecule has 1 heterocycles. The molecule has 0 radical (unpaired) electrons. The molecule has 1 atom stereocenters. The number of rotatable bonds is 6. The number of anilines is 1. The molecule has 0 unspecified atom stereocenters. The van der Waals surface area contributed by atoms with Crippen molar-refractivity contribution in [2.75, 3.05) is 18.0 Å². The minimum atomic E-state index is -4.65. The van der Waals surface area contributed by atoms with Crippen LogP contribution in [0.3, 0.4) is 0 Å². The molecule has 10 heteroatoms. The summed E-state index contributed by atoms with van der Waals surface area (Å²) in [6.07, 6.45) is -4.30. The van der Waals surface area contributed by atoms with Crippen LogP contribution in [0.25, 0.3) is 0 Å². The molecule has 0 fully saturated rings. The van der Waals surface area contributed by atoms with Gasteiger partial charge in [0.05, 0.1) is 35.6 Å². The van der Waals surface area contributed by atoms with E-state index < -0.39 is 32.8 Å². The molecule has 3 rings (SSSR count). The molecule has 0 bridgehead atoms. The van der Waals surface area contributed by atoms with Gasteiger partial charge in [-0.3, -0.25) is 4.31 Å². The number of methoxy groups -OCH3 is 1. The Bertz CT molecular complexity index is 1060. The van der Waals surface area contributed by atoms with Gasteiger partial charge in [0.15, 0.2) is 0 Å². The van der Waals surface area contributed by atoms with Crippen LogP contribution in [-0.4, -0.2) is 28.2 Å². The summed E-state index contributed by atoms with van der Waals surface area (Å²) in [6.45, 7) is 3.68. The summed E-state index contributed by atoms with van der Waals surface area (Å²) in [5.41, 5.74) is -0.775. The number of fused-ring (bicyclic) bond motifs is 1. The van der Waals surface area contributed by atoms with E-state index in [-0.39, 0.29) is 12.2 Å². The van der Waals surface area contributed by atoms with Crippen molar-refractivity contribution < 1.29 is 31.1 Å². The normalized spacial score (nSPS) is 16.6. The van der Waals surface area contributed by atoms with Gasteiger partial charge in [-0.05, 0) is 42.8 Å². The zero-order valence-corrected chi connectivity index (χ0v) is 18.4. The van der Waals surface area contributed by atoms with E-state index in [1.807, 2.05) is 0 Å². The third-order valence-electron chi connectivity index (χ3n) is 4.64. The molecule has 30 heavy (non-hydrogen) atoms. The van der Waals surface area contributed by atoms with Gasteiger partial charge in [0, 0.05) is 10.9 Å². The third kappa shape index (κ3) is 4.75. The summed E-state index contributed by atoms with van der Waals surface area (Å²) >= 11 is 3.30. The van der Waals surface area contributed by atoms with Gasteiger partial charge in [-0.25, -0.2) is 8.42 Å². The van der Waals surface area contributed by atoms with Crippen molar-refractivity contribution in [1.82, 2.24) is 0 Å². The number of sulfonamides is 1. The van der Waals surface area contributed by atoms with Gasteiger partial charge in [-0.2, -0.15) is 13.2 Å². The minimum Gasteiger partial charge on any atom is -0.502 e. The maximum atomic E-state index is 13.3. The average Bonchev–Trinajstić information content (AvgIpc) is 2.70. The summed E-state index contributed by atoms with van der Waals surface area (Å²) in [5.74, 6) is 0.848. The molecule has 1 aliphatic rings. The predicted molar refractivity (Wildman–Crippen MR) is 110 cm³/mol. The highest BCUT2D eigenvalue weighted by Crippen LogP contribution is 2.40. The lowest BCUT2D eigenvalue weighted by Gasteiger charge is -2.35. The Labute approximate surface area is 181 Å². The Hall–Kier alpha value is -2.20. The molecule has 0 saturated carbocycles. The first-order valence-corrected chi connectivity index (χ1v) is 11.1. The molecule has 0 N–H and O–H groups in total. The van der Waals surface area contributed by atoms with Crippen LogP contribution in [0.15, 0.2) is 64.2 Å². The van der Waals surface area contributed by atoms with E-state index >= 15 is 0 Å². The van der Waals surface area contributed by atoms with Gasteiger partial charge < -0.3 is 9.47 Å². The molecule has 2 aromatic carbocycles. The molecular weight excluding hydrogens is 487 g/mol. The van der Waals surface area contributed by atoms with E-state index in [1.165, 1.54) is 7.11 Å². The third-order valence-corrected chi connectivity index (χ3v) is 6.90. The molecule has 0 saturated heterocycles. The van der Waals surface area contributed by atoms with E-state index in [2.05, 4.69) is 22.5 Å². The fraction of sp³-hybridized carbons (Fsp3) is 0.300. The first-order valence-electron chi connectivity index (χ1n) is 8.90. The lowest BCUT2D eigenvalue weighted by atomic mass is 10.1. The highest BCUT2D eigenvalue weighted by molar-refractivity contribution is 9.10. The summed E-state index contributed by atoms with van der Waals surface area (Å²) in [5, 5.41) is 0. The molecule has 162 valence electrons. The van der Waals surface area contributed by atoms with Crippen LogP contribution >= 0.6 is 15.9 Å². The van der Waals surface area contributed by atoms with Crippen LogP contribution in [-0.2, 0) is 20.9 Å². The molecule has 5 nitrogen and oxygen atoms in total. The van der Waals surface area contributed by atoms with E-state index in [0.29, 0.717) is 34.9 Å². The molecule has 1 aliphatic heterocycles. The van der Waals surface area contributed by atoms with Crippen molar-refractivity contribution in [1.29, 1.82) is 0 Å². The molecule has 0 aliphatic carbocycles. The Kier molecular flexibility index (Phi) is 6.37. The zero-order valence-electron chi connectivity index (χ0n) is 15.9. The standard InChI is InChI=1S/C20H19BrF3NO4S/c1-13(28-2)6-8-16-12-25(18-11-15(21)7-9-19(18)29-16)30(26,27)17-5-3-4-14(10-17)20(22,23)24/h3-5,7,9-11,16H,1,6,8,12H2,2H3/t16-/m0/s1. The zero-order chi connectivity index (χ0) is 22.1. The Morgan fingerprint density at radius 3 is 2.70 bits per heavy atom.